The van der Waals surface area contributed by atoms with Crippen LogP contribution in [0.2, 0.25) is 10.0 Å². The van der Waals surface area contributed by atoms with E-state index in [0.29, 0.717) is 22.0 Å². The molecular weight excluding hydrogens is 265 g/mol. The molecule has 2 nitrogen and oxygen atoms in total. The number of hydrogen-bond acceptors (Lipinski definition) is 3. The van der Waals surface area contributed by atoms with Crippen LogP contribution in [0.4, 0.5) is 0 Å². The maximum atomic E-state index is 10.0. The van der Waals surface area contributed by atoms with Gasteiger partial charge < -0.3 is 5.11 Å². The Morgan fingerprint density at radius 2 is 2.19 bits per heavy atom. The monoisotopic (exact) mass is 273 g/mol. The van der Waals surface area contributed by atoms with Crippen LogP contribution in [0.5, 0.6) is 0 Å². The molecule has 5 heteroatoms. The van der Waals surface area contributed by atoms with Crippen molar-refractivity contribution in [1.82, 2.24) is 4.98 Å². The SMILES string of the molecule is OC(Cc1nccs1)c1cc(Cl)ccc1Cl. The fraction of sp³-hybridized carbons (Fsp3) is 0.182. The molecule has 0 radical (unpaired) electrons. The molecule has 0 fully saturated rings. The van der Waals surface area contributed by atoms with Gasteiger partial charge in [-0.1, -0.05) is 23.2 Å². The van der Waals surface area contributed by atoms with Crippen LogP contribution in [-0.2, 0) is 6.42 Å². The quantitative estimate of drug-likeness (QED) is 0.925. The highest BCUT2D eigenvalue weighted by Crippen LogP contribution is 2.28. The predicted octanol–water partition coefficient (Wildman–Crippen LogP) is 3.73. The van der Waals surface area contributed by atoms with Gasteiger partial charge in [0.15, 0.2) is 0 Å². The van der Waals surface area contributed by atoms with E-state index in [9.17, 15) is 5.11 Å². The highest BCUT2D eigenvalue weighted by Gasteiger charge is 2.14. The third-order valence-electron chi connectivity index (χ3n) is 2.17. The van der Waals surface area contributed by atoms with E-state index in [1.807, 2.05) is 5.38 Å². The molecule has 1 heterocycles. The first-order valence-electron chi connectivity index (χ1n) is 4.68. The second-order valence-electron chi connectivity index (χ2n) is 3.31. The molecule has 0 aliphatic rings. The van der Waals surface area contributed by atoms with Gasteiger partial charge in [-0.25, -0.2) is 4.98 Å². The summed E-state index contributed by atoms with van der Waals surface area (Å²) in [7, 11) is 0. The van der Waals surface area contributed by atoms with Gasteiger partial charge in [-0.2, -0.15) is 0 Å². The maximum absolute atomic E-state index is 10.0. The number of thiazole rings is 1. The van der Waals surface area contributed by atoms with Crippen molar-refractivity contribution in [2.24, 2.45) is 0 Å². The van der Waals surface area contributed by atoms with E-state index in [2.05, 4.69) is 4.98 Å². The summed E-state index contributed by atoms with van der Waals surface area (Å²) in [6.07, 6.45) is 1.50. The molecule has 84 valence electrons. The lowest BCUT2D eigenvalue weighted by atomic mass is 10.1. The van der Waals surface area contributed by atoms with Crippen molar-refractivity contribution in [3.8, 4) is 0 Å². The Morgan fingerprint density at radius 1 is 1.38 bits per heavy atom. The lowest BCUT2D eigenvalue weighted by molar-refractivity contribution is 0.178. The Balaban J connectivity index is 2.20. The summed E-state index contributed by atoms with van der Waals surface area (Å²) in [6.45, 7) is 0. The van der Waals surface area contributed by atoms with Gasteiger partial charge in [0.05, 0.1) is 11.1 Å². The molecule has 2 rings (SSSR count). The summed E-state index contributed by atoms with van der Waals surface area (Å²) >= 11 is 13.4. The first kappa shape index (κ1) is 11.9. The fourth-order valence-electron chi connectivity index (χ4n) is 1.40. The van der Waals surface area contributed by atoms with Gasteiger partial charge in [0.1, 0.15) is 0 Å². The van der Waals surface area contributed by atoms with E-state index in [0.717, 1.165) is 5.01 Å². The summed E-state index contributed by atoms with van der Waals surface area (Å²) in [5.41, 5.74) is 0.643. The van der Waals surface area contributed by atoms with Crippen LogP contribution in [0.25, 0.3) is 0 Å². The van der Waals surface area contributed by atoms with Crippen molar-refractivity contribution in [3.63, 3.8) is 0 Å². The van der Waals surface area contributed by atoms with E-state index < -0.39 is 6.10 Å². The zero-order valence-corrected chi connectivity index (χ0v) is 10.6. The van der Waals surface area contributed by atoms with Crippen molar-refractivity contribution in [2.75, 3.05) is 0 Å². The van der Waals surface area contributed by atoms with Gasteiger partial charge in [0.2, 0.25) is 0 Å². The van der Waals surface area contributed by atoms with Gasteiger partial charge in [-0.15, -0.1) is 11.3 Å². The van der Waals surface area contributed by atoms with Crippen molar-refractivity contribution in [3.05, 3.63) is 50.4 Å². The summed E-state index contributed by atoms with van der Waals surface area (Å²) < 4.78 is 0. The average molecular weight is 274 g/mol. The van der Waals surface area contributed by atoms with Crippen molar-refractivity contribution in [2.45, 2.75) is 12.5 Å². The van der Waals surface area contributed by atoms with E-state index in [1.165, 1.54) is 11.3 Å². The molecule has 16 heavy (non-hydrogen) atoms. The predicted molar refractivity (Wildman–Crippen MR) is 67.2 cm³/mol. The molecule has 1 N–H and O–H groups in total. The van der Waals surface area contributed by atoms with Crippen LogP contribution in [0.3, 0.4) is 0 Å². The smallest absolute Gasteiger partial charge is 0.0954 e. The molecule has 1 atom stereocenters. The Labute approximate surface area is 107 Å². The van der Waals surface area contributed by atoms with Gasteiger partial charge in [-0.05, 0) is 18.2 Å². The fourth-order valence-corrected chi connectivity index (χ4v) is 2.48. The van der Waals surface area contributed by atoms with Crippen LogP contribution in [0, 0.1) is 0 Å². The van der Waals surface area contributed by atoms with Crippen LogP contribution in [0.1, 0.15) is 16.7 Å². The molecule has 0 saturated carbocycles. The minimum Gasteiger partial charge on any atom is -0.388 e. The third kappa shape index (κ3) is 2.74. The van der Waals surface area contributed by atoms with Crippen LogP contribution < -0.4 is 0 Å². The summed E-state index contributed by atoms with van der Waals surface area (Å²) in [6, 6.07) is 5.07. The number of rotatable bonds is 3. The lowest BCUT2D eigenvalue weighted by Crippen LogP contribution is -2.02. The minimum atomic E-state index is -0.669. The number of aliphatic hydroxyl groups excluding tert-OH is 1. The third-order valence-corrected chi connectivity index (χ3v) is 3.55. The van der Waals surface area contributed by atoms with E-state index in [-0.39, 0.29) is 0 Å². The standard InChI is InChI=1S/C11H9Cl2NOS/c12-7-1-2-9(13)8(5-7)10(15)6-11-14-3-4-16-11/h1-5,10,15H,6H2. The number of halogens is 2. The van der Waals surface area contributed by atoms with E-state index >= 15 is 0 Å². The largest absolute Gasteiger partial charge is 0.388 e. The first-order valence-corrected chi connectivity index (χ1v) is 6.32. The molecule has 1 unspecified atom stereocenters. The highest BCUT2D eigenvalue weighted by molar-refractivity contribution is 7.09. The second-order valence-corrected chi connectivity index (χ2v) is 5.13. The van der Waals surface area contributed by atoms with Gasteiger partial charge >= 0.3 is 0 Å². The average Bonchev–Trinajstić information content (AvgIpc) is 2.74. The number of hydrogen-bond donors (Lipinski definition) is 1. The second kappa shape index (κ2) is 5.15. The molecule has 0 amide bonds. The Kier molecular flexibility index (Phi) is 3.82. The molecular formula is C11H9Cl2NOS. The topological polar surface area (TPSA) is 33.1 Å². The molecule has 0 saturated heterocycles. The Bertz CT molecular complexity index is 473. The lowest BCUT2D eigenvalue weighted by Gasteiger charge is -2.11. The zero-order chi connectivity index (χ0) is 11.5. The number of aliphatic hydroxyl groups is 1. The summed E-state index contributed by atoms with van der Waals surface area (Å²) in [4.78, 5) is 4.12. The highest BCUT2D eigenvalue weighted by atomic mass is 35.5. The molecule has 0 aliphatic heterocycles. The number of nitrogens with zero attached hydrogens (tertiary/aromatic N) is 1. The molecule has 1 aromatic carbocycles. The molecule has 0 spiro atoms. The minimum absolute atomic E-state index is 0.456. The zero-order valence-electron chi connectivity index (χ0n) is 8.23. The summed E-state index contributed by atoms with van der Waals surface area (Å²) in [5.74, 6) is 0. The van der Waals surface area contributed by atoms with Crippen molar-refractivity contribution < 1.29 is 5.11 Å². The Hall–Kier alpha value is -0.610. The van der Waals surface area contributed by atoms with Gasteiger partial charge in [-0.3, -0.25) is 0 Å². The van der Waals surface area contributed by atoms with Crippen LogP contribution in [-0.4, -0.2) is 10.1 Å². The molecule has 2 aromatic rings. The maximum Gasteiger partial charge on any atom is 0.0954 e. The Morgan fingerprint density at radius 3 is 2.88 bits per heavy atom. The van der Waals surface area contributed by atoms with Crippen LogP contribution >= 0.6 is 34.5 Å². The van der Waals surface area contributed by atoms with Crippen molar-refractivity contribution in [1.29, 1.82) is 0 Å². The molecule has 1 aromatic heterocycles. The normalized spacial score (nSPS) is 12.7. The van der Waals surface area contributed by atoms with Crippen LogP contribution in [0.15, 0.2) is 29.8 Å². The van der Waals surface area contributed by atoms with Gasteiger partial charge in [0, 0.05) is 33.6 Å². The van der Waals surface area contributed by atoms with E-state index in [4.69, 9.17) is 23.2 Å². The first-order chi connectivity index (χ1) is 7.66. The molecule has 0 aliphatic carbocycles. The summed E-state index contributed by atoms with van der Waals surface area (Å²) in [5, 5.41) is 13.9. The molecule has 0 bridgehead atoms. The number of aromatic nitrogens is 1. The van der Waals surface area contributed by atoms with E-state index in [1.54, 1.807) is 24.4 Å². The van der Waals surface area contributed by atoms with Gasteiger partial charge in [0.25, 0.3) is 0 Å². The number of benzene rings is 1. The van der Waals surface area contributed by atoms with Crippen molar-refractivity contribution >= 4 is 34.5 Å².